The lowest BCUT2D eigenvalue weighted by molar-refractivity contribution is 0.194. The molecule has 47 heavy (non-hydrogen) atoms. The molecule has 0 amide bonds. The molecule has 244 valence electrons. The summed E-state index contributed by atoms with van der Waals surface area (Å²) in [5.74, 6) is 1.58. The summed E-state index contributed by atoms with van der Waals surface area (Å²) in [5.41, 5.74) is 6.75. The Kier molecular flexibility index (Phi) is 12.2. The molecule has 2 saturated heterocycles. The van der Waals surface area contributed by atoms with Gasteiger partial charge in [0.05, 0.1) is 0 Å². The van der Waals surface area contributed by atoms with E-state index in [2.05, 4.69) is 119 Å². The molecule has 0 spiro atoms. The highest BCUT2D eigenvalue weighted by Gasteiger charge is 2.30. The van der Waals surface area contributed by atoms with Gasteiger partial charge in [-0.25, -0.2) is 0 Å². The molecule has 0 aliphatic carbocycles. The Balaban J connectivity index is 1.28. The third-order valence-corrected chi connectivity index (χ3v) is 9.37. The highest BCUT2D eigenvalue weighted by Crippen LogP contribution is 2.20. The zero-order chi connectivity index (χ0) is 32.3. The van der Waals surface area contributed by atoms with E-state index in [9.17, 15) is 0 Å². The predicted molar refractivity (Wildman–Crippen MR) is 196 cm³/mol. The van der Waals surface area contributed by atoms with Gasteiger partial charge < -0.3 is 24.7 Å². The summed E-state index contributed by atoms with van der Waals surface area (Å²) >= 11 is 0. The molecule has 4 aromatic rings. The number of nitrogens with one attached hydrogen (secondary N) is 2. The van der Waals surface area contributed by atoms with E-state index in [-0.39, 0.29) is 13.8 Å². The molecule has 0 bridgehead atoms. The average Bonchev–Trinajstić information content (AvgIpc) is 3.11. The second-order valence-electron chi connectivity index (χ2n) is 12.6. The maximum atomic E-state index is 6.92. The Hall–Kier alpha value is -3.43. The fraction of sp³-hybridized carbons (Fsp3) is 0.368. The van der Waals surface area contributed by atoms with Crippen LogP contribution in [-0.2, 0) is 9.31 Å². The van der Waals surface area contributed by atoms with Crippen LogP contribution in [0.2, 0.25) is 0 Å². The van der Waals surface area contributed by atoms with Gasteiger partial charge in [0.1, 0.15) is 11.5 Å². The first-order valence-corrected chi connectivity index (χ1v) is 17.2. The van der Waals surface area contributed by atoms with Crippen LogP contribution in [0.3, 0.4) is 0 Å². The molecule has 9 heteroatoms. The lowest BCUT2D eigenvalue weighted by Gasteiger charge is -2.28. The van der Waals surface area contributed by atoms with Gasteiger partial charge in [0, 0.05) is 78.7 Å². The van der Waals surface area contributed by atoms with Crippen molar-refractivity contribution in [3.8, 4) is 11.5 Å². The minimum Gasteiger partial charge on any atom is -0.458 e. The first kappa shape index (κ1) is 33.5. The molecule has 2 aliphatic heterocycles. The quantitative estimate of drug-likeness (QED) is 0.207. The third kappa shape index (κ3) is 8.93. The summed E-state index contributed by atoms with van der Waals surface area (Å²) < 4.78 is 20.5. The molecule has 0 unspecified atom stereocenters. The molecular weight excluding hydrogens is 582 g/mol. The number of ether oxygens (including phenoxy) is 1. The van der Waals surface area contributed by atoms with Crippen LogP contribution in [0.25, 0.3) is 0 Å². The normalized spacial score (nSPS) is 15.8. The highest BCUT2D eigenvalue weighted by atomic mass is 16.5. The van der Waals surface area contributed by atoms with Gasteiger partial charge in [-0.2, -0.15) is 0 Å². The van der Waals surface area contributed by atoms with Crippen molar-refractivity contribution in [1.29, 1.82) is 0 Å². The second kappa shape index (κ2) is 17.1. The van der Waals surface area contributed by atoms with E-state index in [1.54, 1.807) is 0 Å². The minimum atomic E-state index is -0.259. The van der Waals surface area contributed by atoms with Crippen LogP contribution in [0.15, 0.2) is 97.1 Å². The Bertz CT molecular complexity index is 1450. The molecule has 6 rings (SSSR count). The van der Waals surface area contributed by atoms with Gasteiger partial charge in [-0.1, -0.05) is 96.1 Å². The van der Waals surface area contributed by atoms with Gasteiger partial charge in [0.25, 0.3) is 0 Å². The summed E-state index contributed by atoms with van der Waals surface area (Å²) in [7, 11) is 0. The number of hydrogen-bond donors (Lipinski definition) is 2. The Labute approximate surface area is 281 Å². The van der Waals surface area contributed by atoms with Crippen molar-refractivity contribution in [3.63, 3.8) is 0 Å². The van der Waals surface area contributed by atoms with Gasteiger partial charge in [-0.05, 0) is 47.8 Å². The smallest absolute Gasteiger partial charge is 0.365 e. The van der Waals surface area contributed by atoms with Gasteiger partial charge >= 0.3 is 13.8 Å². The van der Waals surface area contributed by atoms with Crippen molar-refractivity contribution in [2.24, 2.45) is 0 Å². The SMILES string of the molecule is Cc1ccccc1B(OCCN1CCNCC1)c1ccccc1Oc1ccccc1B(OCCN1CCNCC1)c1ccccc1C. The minimum absolute atomic E-state index is 0.259. The summed E-state index contributed by atoms with van der Waals surface area (Å²) in [5, 5.41) is 6.89. The molecule has 2 N–H and O–H groups in total. The number of benzene rings is 4. The largest absolute Gasteiger partial charge is 0.458 e. The molecule has 0 aromatic heterocycles. The van der Waals surface area contributed by atoms with E-state index >= 15 is 0 Å². The number of rotatable bonds is 14. The number of hydrogen-bond acceptors (Lipinski definition) is 7. The van der Waals surface area contributed by atoms with Crippen LogP contribution >= 0.6 is 0 Å². The number of piperazine rings is 2. The monoisotopic (exact) mass is 630 g/mol. The van der Waals surface area contributed by atoms with Gasteiger partial charge in [-0.3, -0.25) is 9.80 Å². The van der Waals surface area contributed by atoms with Crippen molar-refractivity contribution >= 4 is 35.7 Å². The van der Waals surface area contributed by atoms with E-state index in [0.29, 0.717) is 13.2 Å². The summed E-state index contributed by atoms with van der Waals surface area (Å²) in [6, 6.07) is 33.7. The molecule has 2 aliphatic rings. The molecule has 4 aromatic carbocycles. The standard InChI is InChI=1S/C38H48B2N4O3/c1-31-11-3-5-13-33(31)39(45-29-27-43-23-19-41-20-24-43)35-15-7-9-17-37(35)47-38-18-10-8-16-36(38)40(34-14-6-4-12-32(34)2)46-30-28-44-25-21-42-22-26-44/h3-18,41-42H,19-30H2,1-2H3. The number of para-hydroxylation sites is 2. The molecule has 2 fully saturated rings. The lowest BCUT2D eigenvalue weighted by Crippen LogP contribution is -2.50. The Morgan fingerprint density at radius 1 is 0.511 bits per heavy atom. The van der Waals surface area contributed by atoms with Crippen LogP contribution in [0.5, 0.6) is 11.5 Å². The zero-order valence-electron chi connectivity index (χ0n) is 28.0. The van der Waals surface area contributed by atoms with E-state index in [1.807, 2.05) is 12.1 Å². The van der Waals surface area contributed by atoms with Crippen molar-refractivity contribution in [2.45, 2.75) is 13.8 Å². The first-order valence-electron chi connectivity index (χ1n) is 17.2. The van der Waals surface area contributed by atoms with E-state index < -0.39 is 0 Å². The fourth-order valence-corrected chi connectivity index (χ4v) is 6.62. The summed E-state index contributed by atoms with van der Waals surface area (Å²) in [4.78, 5) is 4.94. The van der Waals surface area contributed by atoms with Crippen LogP contribution in [0.1, 0.15) is 11.1 Å². The van der Waals surface area contributed by atoms with E-state index in [1.165, 1.54) is 11.1 Å². The van der Waals surface area contributed by atoms with Crippen molar-refractivity contribution in [3.05, 3.63) is 108 Å². The maximum Gasteiger partial charge on any atom is 0.365 e. The second-order valence-corrected chi connectivity index (χ2v) is 12.6. The van der Waals surface area contributed by atoms with Gasteiger partial charge in [-0.15, -0.1) is 0 Å². The van der Waals surface area contributed by atoms with Crippen molar-refractivity contribution < 1.29 is 14.0 Å². The van der Waals surface area contributed by atoms with Gasteiger partial charge in [0.2, 0.25) is 0 Å². The maximum absolute atomic E-state index is 6.92. The van der Waals surface area contributed by atoms with E-state index in [4.69, 9.17) is 14.0 Å². The van der Waals surface area contributed by atoms with Crippen LogP contribution < -0.4 is 37.2 Å². The fourth-order valence-electron chi connectivity index (χ4n) is 6.62. The van der Waals surface area contributed by atoms with Crippen LogP contribution in [-0.4, -0.2) is 102 Å². The number of aryl methyl sites for hydroxylation is 2. The molecular formula is C38H48B2N4O3. The first-order chi connectivity index (χ1) is 23.2. The number of nitrogens with zero attached hydrogens (tertiary/aromatic N) is 2. The summed E-state index contributed by atoms with van der Waals surface area (Å²) in [6.07, 6.45) is 0. The van der Waals surface area contributed by atoms with Gasteiger partial charge in [0.15, 0.2) is 0 Å². The average molecular weight is 630 g/mol. The molecule has 0 radical (unpaired) electrons. The highest BCUT2D eigenvalue weighted by molar-refractivity contribution is 6.81. The van der Waals surface area contributed by atoms with Crippen molar-refractivity contribution in [1.82, 2.24) is 20.4 Å². The Morgan fingerprint density at radius 2 is 0.872 bits per heavy atom. The van der Waals surface area contributed by atoms with Crippen LogP contribution in [0.4, 0.5) is 0 Å². The molecule has 2 heterocycles. The van der Waals surface area contributed by atoms with Crippen molar-refractivity contribution in [2.75, 3.05) is 78.7 Å². The molecule has 0 saturated carbocycles. The zero-order valence-corrected chi connectivity index (χ0v) is 28.0. The molecule has 0 atom stereocenters. The lowest BCUT2D eigenvalue weighted by atomic mass is 9.53. The molecule has 7 nitrogen and oxygen atoms in total. The topological polar surface area (TPSA) is 58.2 Å². The third-order valence-electron chi connectivity index (χ3n) is 9.37. The summed E-state index contributed by atoms with van der Waals surface area (Å²) in [6.45, 7) is 15.2. The predicted octanol–water partition coefficient (Wildman–Crippen LogP) is 2.15. The van der Waals surface area contributed by atoms with E-state index in [0.717, 1.165) is 98.8 Å². The Morgan fingerprint density at radius 3 is 1.28 bits per heavy atom. The van der Waals surface area contributed by atoms with Crippen LogP contribution in [0, 0.1) is 13.8 Å².